The van der Waals surface area contributed by atoms with Gasteiger partial charge in [-0.1, -0.05) is 36.1 Å². The highest BCUT2D eigenvalue weighted by Crippen LogP contribution is 2.23. The van der Waals surface area contributed by atoms with Gasteiger partial charge in [-0.15, -0.1) is 0 Å². The molecule has 1 aliphatic heterocycles. The second-order valence-electron chi connectivity index (χ2n) is 7.38. The minimum absolute atomic E-state index is 0.0151. The van der Waals surface area contributed by atoms with Crippen LogP contribution in [0, 0.1) is 11.8 Å². The van der Waals surface area contributed by atoms with Gasteiger partial charge in [-0.3, -0.25) is 4.72 Å². The zero-order chi connectivity index (χ0) is 22.6. The lowest BCUT2D eigenvalue weighted by molar-refractivity contribution is 0.477. The minimum Gasteiger partial charge on any atom is -0.280 e. The molecule has 6 nitrogen and oxygen atoms in total. The Morgan fingerprint density at radius 3 is 1.97 bits per heavy atom. The van der Waals surface area contributed by atoms with Crippen molar-refractivity contribution in [2.45, 2.75) is 22.6 Å². The molecule has 0 radical (unpaired) electrons. The lowest BCUT2D eigenvalue weighted by atomic mass is 10.2. The molecule has 1 saturated heterocycles. The second-order valence-corrected chi connectivity index (χ2v) is 11.0. The topological polar surface area (TPSA) is 83.5 Å². The molecule has 0 saturated carbocycles. The van der Waals surface area contributed by atoms with Gasteiger partial charge in [0.05, 0.1) is 15.5 Å². The summed E-state index contributed by atoms with van der Waals surface area (Å²) in [6, 6.07) is 21.6. The van der Waals surface area contributed by atoms with E-state index in [9.17, 15) is 16.8 Å². The third-order valence-corrected chi connectivity index (χ3v) is 8.39. The molecule has 8 heteroatoms. The lowest BCUT2D eigenvalue weighted by Gasteiger charge is -2.15. The predicted molar refractivity (Wildman–Crippen MR) is 124 cm³/mol. The molecule has 32 heavy (non-hydrogen) atoms. The van der Waals surface area contributed by atoms with E-state index in [1.54, 1.807) is 24.3 Å². The molecule has 1 N–H and O–H groups in total. The first-order chi connectivity index (χ1) is 15.3. The van der Waals surface area contributed by atoms with E-state index in [0.29, 0.717) is 24.3 Å². The number of hydrogen-bond donors (Lipinski definition) is 1. The van der Waals surface area contributed by atoms with Gasteiger partial charge in [0.25, 0.3) is 10.0 Å². The summed E-state index contributed by atoms with van der Waals surface area (Å²) in [5, 5.41) is 0. The van der Waals surface area contributed by atoms with Crippen LogP contribution < -0.4 is 4.72 Å². The summed E-state index contributed by atoms with van der Waals surface area (Å²) < 4.78 is 54.8. The van der Waals surface area contributed by atoms with Gasteiger partial charge in [-0.2, -0.15) is 4.31 Å². The highest BCUT2D eigenvalue weighted by molar-refractivity contribution is 7.92. The fourth-order valence-corrected chi connectivity index (χ4v) is 5.98. The Morgan fingerprint density at radius 2 is 1.28 bits per heavy atom. The van der Waals surface area contributed by atoms with Crippen molar-refractivity contribution in [2.24, 2.45) is 0 Å². The maximum atomic E-state index is 12.8. The number of nitrogens with zero attached hydrogens (tertiary/aromatic N) is 1. The number of anilines is 1. The Balaban J connectivity index is 1.52. The monoisotopic (exact) mass is 466 g/mol. The van der Waals surface area contributed by atoms with Crippen LogP contribution in [0.25, 0.3) is 0 Å². The maximum Gasteiger partial charge on any atom is 0.261 e. The molecule has 0 bridgehead atoms. The van der Waals surface area contributed by atoms with Crippen molar-refractivity contribution in [3.05, 3.63) is 90.0 Å². The largest absolute Gasteiger partial charge is 0.280 e. The fraction of sp³-hybridized carbons (Fsp3) is 0.167. The Kier molecular flexibility index (Phi) is 6.33. The third kappa shape index (κ3) is 5.02. The SMILES string of the molecule is O=S(=O)(Nc1cccc(C#Cc2ccccc2)c1)c1ccc(S(=O)(=O)N2CCCC2)cc1. The number of hydrogen-bond acceptors (Lipinski definition) is 4. The van der Waals surface area contributed by atoms with Crippen molar-refractivity contribution in [3.63, 3.8) is 0 Å². The van der Waals surface area contributed by atoms with E-state index in [2.05, 4.69) is 16.6 Å². The zero-order valence-electron chi connectivity index (χ0n) is 17.2. The number of rotatable bonds is 5. The van der Waals surface area contributed by atoms with Crippen molar-refractivity contribution >= 4 is 25.7 Å². The molecule has 1 heterocycles. The third-order valence-electron chi connectivity index (χ3n) is 5.08. The quantitative estimate of drug-likeness (QED) is 0.582. The van der Waals surface area contributed by atoms with Crippen molar-refractivity contribution < 1.29 is 16.8 Å². The van der Waals surface area contributed by atoms with Gasteiger partial charge < -0.3 is 0 Å². The summed E-state index contributed by atoms with van der Waals surface area (Å²) in [7, 11) is -7.48. The molecule has 0 amide bonds. The summed E-state index contributed by atoms with van der Waals surface area (Å²) in [5.74, 6) is 6.06. The van der Waals surface area contributed by atoms with Crippen molar-refractivity contribution in [1.82, 2.24) is 4.31 Å². The van der Waals surface area contributed by atoms with Crippen LogP contribution in [0.2, 0.25) is 0 Å². The molecule has 0 aromatic heterocycles. The van der Waals surface area contributed by atoms with Gasteiger partial charge in [0.2, 0.25) is 10.0 Å². The molecule has 0 aliphatic carbocycles. The van der Waals surface area contributed by atoms with E-state index in [4.69, 9.17) is 0 Å². The normalized spacial score (nSPS) is 14.5. The van der Waals surface area contributed by atoms with Crippen LogP contribution in [0.3, 0.4) is 0 Å². The number of benzene rings is 3. The first-order valence-electron chi connectivity index (χ1n) is 10.1. The Labute approximate surface area is 189 Å². The van der Waals surface area contributed by atoms with E-state index in [-0.39, 0.29) is 9.79 Å². The molecular weight excluding hydrogens is 444 g/mol. The molecule has 164 valence electrons. The molecular formula is C24H22N2O4S2. The highest BCUT2D eigenvalue weighted by atomic mass is 32.2. The van der Waals surface area contributed by atoms with Crippen LogP contribution in [0.5, 0.6) is 0 Å². The summed E-state index contributed by atoms with van der Waals surface area (Å²) in [5.41, 5.74) is 1.90. The Bertz CT molecular complexity index is 1370. The second kappa shape index (κ2) is 9.17. The van der Waals surface area contributed by atoms with E-state index in [1.165, 1.54) is 28.6 Å². The van der Waals surface area contributed by atoms with E-state index in [0.717, 1.165) is 18.4 Å². The molecule has 1 fully saturated rings. The van der Waals surface area contributed by atoms with Gasteiger partial charge in [0, 0.05) is 24.2 Å². The molecule has 3 aromatic carbocycles. The first-order valence-corrected chi connectivity index (χ1v) is 13.1. The first kappa shape index (κ1) is 22.1. The van der Waals surface area contributed by atoms with Crippen LogP contribution in [-0.2, 0) is 20.0 Å². The van der Waals surface area contributed by atoms with Crippen LogP contribution in [0.15, 0.2) is 88.7 Å². The minimum atomic E-state index is -3.89. The van der Waals surface area contributed by atoms with Gasteiger partial charge in [0.15, 0.2) is 0 Å². The van der Waals surface area contributed by atoms with Gasteiger partial charge in [-0.05, 0) is 67.4 Å². The Morgan fingerprint density at radius 1 is 0.688 bits per heavy atom. The van der Waals surface area contributed by atoms with E-state index in [1.807, 2.05) is 30.3 Å². The van der Waals surface area contributed by atoms with E-state index >= 15 is 0 Å². The maximum absolute atomic E-state index is 12.8. The average Bonchev–Trinajstić information content (AvgIpc) is 3.35. The number of sulfonamides is 2. The lowest BCUT2D eigenvalue weighted by Crippen LogP contribution is -2.27. The van der Waals surface area contributed by atoms with Crippen LogP contribution in [0.4, 0.5) is 5.69 Å². The van der Waals surface area contributed by atoms with Crippen molar-refractivity contribution in [2.75, 3.05) is 17.8 Å². The van der Waals surface area contributed by atoms with Crippen molar-refractivity contribution in [1.29, 1.82) is 0 Å². The van der Waals surface area contributed by atoms with Gasteiger partial charge in [0.1, 0.15) is 0 Å². The summed E-state index contributed by atoms with van der Waals surface area (Å²) >= 11 is 0. The zero-order valence-corrected chi connectivity index (χ0v) is 18.9. The molecule has 3 aromatic rings. The molecule has 0 spiro atoms. The average molecular weight is 467 g/mol. The smallest absolute Gasteiger partial charge is 0.261 e. The van der Waals surface area contributed by atoms with Crippen LogP contribution in [-0.4, -0.2) is 34.2 Å². The van der Waals surface area contributed by atoms with Gasteiger partial charge >= 0.3 is 0 Å². The number of nitrogens with one attached hydrogen (secondary N) is 1. The molecule has 4 rings (SSSR count). The summed E-state index contributed by atoms with van der Waals surface area (Å²) in [6.45, 7) is 0.987. The van der Waals surface area contributed by atoms with Crippen LogP contribution >= 0.6 is 0 Å². The fourth-order valence-electron chi connectivity index (χ4n) is 3.41. The standard InChI is InChI=1S/C24H22N2O4S2/c27-31(28,23-13-15-24(16-14-23)32(29,30)26-17-4-5-18-26)25-22-10-6-9-21(19-22)12-11-20-7-2-1-3-8-20/h1-3,6-10,13-16,19,25H,4-5,17-18H2. The predicted octanol–water partition coefficient (Wildman–Crippen LogP) is 3.67. The van der Waals surface area contributed by atoms with Crippen molar-refractivity contribution in [3.8, 4) is 11.8 Å². The molecule has 1 aliphatic rings. The van der Waals surface area contributed by atoms with E-state index < -0.39 is 20.0 Å². The highest BCUT2D eigenvalue weighted by Gasteiger charge is 2.27. The summed E-state index contributed by atoms with van der Waals surface area (Å²) in [4.78, 5) is 0.0789. The van der Waals surface area contributed by atoms with Gasteiger partial charge in [-0.25, -0.2) is 16.8 Å². The Hall–Kier alpha value is -3.12. The molecule has 0 atom stereocenters. The molecule has 0 unspecified atom stereocenters. The summed E-state index contributed by atoms with van der Waals surface area (Å²) in [6.07, 6.45) is 1.68. The van der Waals surface area contributed by atoms with Crippen LogP contribution in [0.1, 0.15) is 24.0 Å².